The first-order chi connectivity index (χ1) is 11.5. The molecule has 1 aromatic heterocycles. The third-order valence-corrected chi connectivity index (χ3v) is 4.65. The minimum absolute atomic E-state index is 0.0968. The van der Waals surface area contributed by atoms with Crippen molar-refractivity contribution in [1.29, 1.82) is 0 Å². The highest BCUT2D eigenvalue weighted by Crippen LogP contribution is 2.26. The summed E-state index contributed by atoms with van der Waals surface area (Å²) in [6.07, 6.45) is 4.61. The van der Waals surface area contributed by atoms with Crippen LogP contribution in [0.5, 0.6) is 5.75 Å². The van der Waals surface area contributed by atoms with Gasteiger partial charge in [0, 0.05) is 29.2 Å². The van der Waals surface area contributed by atoms with Crippen LogP contribution in [0.15, 0.2) is 24.4 Å². The molecular formula is C18H22ClN3O2. The van der Waals surface area contributed by atoms with Gasteiger partial charge in [-0.05, 0) is 50.5 Å². The highest BCUT2D eigenvalue weighted by molar-refractivity contribution is 6.30. The van der Waals surface area contributed by atoms with Crippen LogP contribution in [0.2, 0.25) is 5.02 Å². The van der Waals surface area contributed by atoms with Gasteiger partial charge in [0.2, 0.25) is 0 Å². The summed E-state index contributed by atoms with van der Waals surface area (Å²) in [6.45, 7) is 4.24. The summed E-state index contributed by atoms with van der Waals surface area (Å²) < 4.78 is 7.32. The Kier molecular flexibility index (Phi) is 4.81. The number of methoxy groups -OCH3 is 1. The first-order valence-corrected chi connectivity index (χ1v) is 8.57. The lowest BCUT2D eigenvalue weighted by molar-refractivity contribution is 0.0930. The van der Waals surface area contributed by atoms with Gasteiger partial charge in [0.05, 0.1) is 18.9 Å². The molecule has 1 atom stereocenters. The monoisotopic (exact) mass is 347 g/mol. The fourth-order valence-electron chi connectivity index (χ4n) is 3.21. The molecule has 0 spiro atoms. The number of hydrogen-bond donors (Lipinski definition) is 1. The van der Waals surface area contributed by atoms with Crippen molar-refractivity contribution in [1.82, 2.24) is 15.1 Å². The SMILES string of the molecule is COc1cc(Cl)ccc1C(=O)N[C@@H]1CCc2cnn(C(C)C)c2C1. The second kappa shape index (κ2) is 6.85. The summed E-state index contributed by atoms with van der Waals surface area (Å²) in [5.41, 5.74) is 3.02. The Morgan fingerprint density at radius 1 is 1.46 bits per heavy atom. The number of aryl methyl sites for hydroxylation is 1. The summed E-state index contributed by atoms with van der Waals surface area (Å²) in [4.78, 5) is 12.6. The van der Waals surface area contributed by atoms with E-state index < -0.39 is 0 Å². The van der Waals surface area contributed by atoms with Gasteiger partial charge >= 0.3 is 0 Å². The third kappa shape index (κ3) is 3.26. The summed E-state index contributed by atoms with van der Waals surface area (Å²) >= 11 is 5.96. The van der Waals surface area contributed by atoms with E-state index in [1.165, 1.54) is 18.4 Å². The van der Waals surface area contributed by atoms with Gasteiger partial charge in [0.15, 0.2) is 0 Å². The molecule has 0 radical (unpaired) electrons. The van der Waals surface area contributed by atoms with Crippen LogP contribution in [-0.4, -0.2) is 28.8 Å². The van der Waals surface area contributed by atoms with Crippen LogP contribution < -0.4 is 10.1 Å². The molecule has 6 heteroatoms. The number of nitrogens with one attached hydrogen (secondary N) is 1. The maximum absolute atomic E-state index is 12.6. The van der Waals surface area contributed by atoms with E-state index in [1.54, 1.807) is 18.2 Å². The smallest absolute Gasteiger partial charge is 0.255 e. The lowest BCUT2D eigenvalue weighted by Gasteiger charge is -2.25. The van der Waals surface area contributed by atoms with E-state index >= 15 is 0 Å². The number of halogens is 1. The maximum atomic E-state index is 12.6. The van der Waals surface area contributed by atoms with Crippen molar-refractivity contribution in [2.45, 2.75) is 45.2 Å². The third-order valence-electron chi connectivity index (χ3n) is 4.42. The predicted octanol–water partition coefficient (Wildman–Crippen LogP) is 3.41. The molecule has 24 heavy (non-hydrogen) atoms. The molecule has 128 valence electrons. The van der Waals surface area contributed by atoms with Crippen LogP contribution in [0.1, 0.15) is 47.9 Å². The molecule has 2 aromatic rings. The Morgan fingerprint density at radius 2 is 2.25 bits per heavy atom. The Morgan fingerprint density at radius 3 is 2.96 bits per heavy atom. The molecule has 0 saturated carbocycles. The molecule has 0 bridgehead atoms. The van der Waals surface area contributed by atoms with Crippen molar-refractivity contribution < 1.29 is 9.53 Å². The number of carbonyl (C=O) groups is 1. The number of aromatic nitrogens is 2. The van der Waals surface area contributed by atoms with Crippen molar-refractivity contribution >= 4 is 17.5 Å². The van der Waals surface area contributed by atoms with Gasteiger partial charge in [0.25, 0.3) is 5.91 Å². The van der Waals surface area contributed by atoms with Crippen LogP contribution >= 0.6 is 11.6 Å². The van der Waals surface area contributed by atoms with E-state index in [0.717, 1.165) is 19.3 Å². The van der Waals surface area contributed by atoms with E-state index in [-0.39, 0.29) is 11.9 Å². The second-order valence-electron chi connectivity index (χ2n) is 6.41. The first-order valence-electron chi connectivity index (χ1n) is 8.19. The Bertz CT molecular complexity index is 755. The summed E-state index contributed by atoms with van der Waals surface area (Å²) in [5, 5.41) is 8.15. The van der Waals surface area contributed by atoms with E-state index in [0.29, 0.717) is 22.4 Å². The van der Waals surface area contributed by atoms with Crippen molar-refractivity contribution in [2.75, 3.05) is 7.11 Å². The molecule has 1 aromatic carbocycles. The zero-order valence-electron chi connectivity index (χ0n) is 14.2. The average molecular weight is 348 g/mol. The van der Waals surface area contributed by atoms with E-state index in [4.69, 9.17) is 16.3 Å². The Labute approximate surface area is 147 Å². The Hall–Kier alpha value is -2.01. The molecule has 3 rings (SSSR count). The predicted molar refractivity (Wildman–Crippen MR) is 93.9 cm³/mol. The van der Waals surface area contributed by atoms with Gasteiger partial charge in [0.1, 0.15) is 5.75 Å². The lowest BCUT2D eigenvalue weighted by Crippen LogP contribution is -2.39. The molecule has 1 amide bonds. The maximum Gasteiger partial charge on any atom is 0.255 e. The number of nitrogens with zero attached hydrogens (tertiary/aromatic N) is 2. The van der Waals surface area contributed by atoms with Crippen LogP contribution in [0.3, 0.4) is 0 Å². The summed E-state index contributed by atoms with van der Waals surface area (Å²) in [5.74, 6) is 0.358. The van der Waals surface area contributed by atoms with Gasteiger partial charge in [-0.1, -0.05) is 11.6 Å². The fraction of sp³-hybridized carbons (Fsp3) is 0.444. The van der Waals surface area contributed by atoms with Crippen molar-refractivity contribution in [3.63, 3.8) is 0 Å². The highest BCUT2D eigenvalue weighted by Gasteiger charge is 2.25. The molecule has 5 nitrogen and oxygen atoms in total. The number of hydrogen-bond acceptors (Lipinski definition) is 3. The molecular weight excluding hydrogens is 326 g/mol. The molecule has 1 heterocycles. The average Bonchev–Trinajstić information content (AvgIpc) is 2.97. The first kappa shape index (κ1) is 16.8. The molecule has 1 aliphatic carbocycles. The van der Waals surface area contributed by atoms with Gasteiger partial charge in [-0.25, -0.2) is 0 Å². The zero-order valence-corrected chi connectivity index (χ0v) is 14.9. The van der Waals surface area contributed by atoms with Gasteiger partial charge < -0.3 is 10.1 Å². The summed E-state index contributed by atoms with van der Waals surface area (Å²) in [7, 11) is 1.54. The van der Waals surface area contributed by atoms with Crippen LogP contribution in [0.4, 0.5) is 0 Å². The molecule has 0 unspecified atom stereocenters. The number of fused-ring (bicyclic) bond motifs is 1. The van der Waals surface area contributed by atoms with Crippen LogP contribution in [-0.2, 0) is 12.8 Å². The quantitative estimate of drug-likeness (QED) is 0.922. The number of benzene rings is 1. The molecule has 1 N–H and O–H groups in total. The minimum atomic E-state index is -0.132. The number of rotatable bonds is 4. The standard InChI is InChI=1S/C18H22ClN3O2/c1-11(2)22-16-9-14(6-4-12(16)10-20-22)21-18(23)15-7-5-13(19)8-17(15)24-3/h5,7-8,10-11,14H,4,6,9H2,1-3H3,(H,21,23)/t14-/m1/s1. The number of ether oxygens (including phenoxy) is 1. The van der Waals surface area contributed by atoms with Gasteiger partial charge in [-0.3, -0.25) is 9.48 Å². The van der Waals surface area contributed by atoms with Crippen molar-refractivity contribution in [2.24, 2.45) is 0 Å². The zero-order chi connectivity index (χ0) is 17.3. The highest BCUT2D eigenvalue weighted by atomic mass is 35.5. The Balaban J connectivity index is 1.75. The lowest BCUT2D eigenvalue weighted by atomic mass is 9.93. The van der Waals surface area contributed by atoms with Gasteiger partial charge in [-0.2, -0.15) is 5.10 Å². The number of carbonyl (C=O) groups excluding carboxylic acids is 1. The normalized spacial score (nSPS) is 16.8. The molecule has 1 aliphatic rings. The van der Waals surface area contributed by atoms with E-state index in [9.17, 15) is 4.79 Å². The fourth-order valence-corrected chi connectivity index (χ4v) is 3.37. The molecule has 0 aliphatic heterocycles. The van der Waals surface area contributed by atoms with Crippen LogP contribution in [0, 0.1) is 0 Å². The largest absolute Gasteiger partial charge is 0.496 e. The van der Waals surface area contributed by atoms with Crippen molar-refractivity contribution in [3.8, 4) is 5.75 Å². The molecule has 0 saturated heterocycles. The number of amides is 1. The second-order valence-corrected chi connectivity index (χ2v) is 6.85. The van der Waals surface area contributed by atoms with E-state index in [2.05, 4.69) is 28.9 Å². The van der Waals surface area contributed by atoms with Crippen LogP contribution in [0.25, 0.3) is 0 Å². The summed E-state index contributed by atoms with van der Waals surface area (Å²) in [6, 6.07) is 5.47. The van der Waals surface area contributed by atoms with E-state index in [1.807, 2.05) is 6.20 Å². The van der Waals surface area contributed by atoms with Crippen molar-refractivity contribution in [3.05, 3.63) is 46.2 Å². The topological polar surface area (TPSA) is 56.1 Å². The minimum Gasteiger partial charge on any atom is -0.496 e. The molecule has 0 fully saturated rings. The van der Waals surface area contributed by atoms with Gasteiger partial charge in [-0.15, -0.1) is 0 Å².